The Morgan fingerprint density at radius 1 is 1.11 bits per heavy atom. The third kappa shape index (κ3) is 3.62. The van der Waals surface area contributed by atoms with Crippen molar-refractivity contribution in [1.29, 1.82) is 0 Å². The van der Waals surface area contributed by atoms with E-state index in [1.807, 2.05) is 30.3 Å². The largest absolute Gasteiger partial charge is 0.277 e. The summed E-state index contributed by atoms with van der Waals surface area (Å²) in [6.45, 7) is 0. The fourth-order valence-corrected chi connectivity index (χ4v) is 1.76. The average Bonchev–Trinajstić information content (AvgIpc) is 2.46. The number of nitrogens with one attached hydrogen (secondary N) is 1. The lowest BCUT2D eigenvalue weighted by molar-refractivity contribution is -0.384. The van der Waals surface area contributed by atoms with Gasteiger partial charge in [-0.25, -0.2) is 0 Å². The summed E-state index contributed by atoms with van der Waals surface area (Å²) in [6.07, 6.45) is 0. The van der Waals surface area contributed by atoms with Crippen molar-refractivity contribution in [2.75, 3.05) is 5.43 Å². The normalized spacial score (nSPS) is 11.1. The van der Waals surface area contributed by atoms with Crippen molar-refractivity contribution in [1.82, 2.24) is 0 Å². The summed E-state index contributed by atoms with van der Waals surface area (Å²) < 4.78 is 0.575. The molecule has 0 bridgehead atoms. The minimum absolute atomic E-state index is 0.0556. The summed E-state index contributed by atoms with van der Waals surface area (Å²) in [7, 11) is 0. The van der Waals surface area contributed by atoms with E-state index in [9.17, 15) is 10.1 Å². The van der Waals surface area contributed by atoms with Crippen LogP contribution >= 0.6 is 15.9 Å². The number of hydrazone groups is 1. The van der Waals surface area contributed by atoms with E-state index < -0.39 is 4.92 Å². The predicted octanol–water partition coefficient (Wildman–Crippen LogP) is 3.76. The van der Waals surface area contributed by atoms with Crippen LogP contribution in [0, 0.1) is 10.1 Å². The van der Waals surface area contributed by atoms with E-state index in [2.05, 4.69) is 26.5 Å². The first-order valence-electron chi connectivity index (χ1n) is 5.46. The fourth-order valence-electron chi connectivity index (χ4n) is 1.41. The first-order valence-corrected chi connectivity index (χ1v) is 6.25. The van der Waals surface area contributed by atoms with Crippen molar-refractivity contribution in [3.05, 3.63) is 70.3 Å². The monoisotopic (exact) mass is 319 g/mol. The molecule has 96 valence electrons. The molecule has 0 aliphatic carbocycles. The van der Waals surface area contributed by atoms with Gasteiger partial charge in [0.25, 0.3) is 5.69 Å². The molecule has 0 saturated heterocycles. The van der Waals surface area contributed by atoms with Gasteiger partial charge in [0.1, 0.15) is 4.62 Å². The zero-order valence-electron chi connectivity index (χ0n) is 9.79. The molecule has 0 aliphatic rings. The molecule has 0 heterocycles. The average molecular weight is 320 g/mol. The van der Waals surface area contributed by atoms with E-state index in [1.54, 1.807) is 12.1 Å². The van der Waals surface area contributed by atoms with Gasteiger partial charge >= 0.3 is 0 Å². The van der Waals surface area contributed by atoms with E-state index >= 15 is 0 Å². The zero-order chi connectivity index (χ0) is 13.7. The first-order chi connectivity index (χ1) is 9.16. The van der Waals surface area contributed by atoms with Crippen LogP contribution in [0.4, 0.5) is 11.4 Å². The molecule has 2 rings (SSSR count). The summed E-state index contributed by atoms with van der Waals surface area (Å²) in [6, 6.07) is 15.6. The van der Waals surface area contributed by atoms with Gasteiger partial charge in [0, 0.05) is 17.7 Å². The van der Waals surface area contributed by atoms with Crippen LogP contribution in [-0.2, 0) is 0 Å². The van der Waals surface area contributed by atoms with Gasteiger partial charge in [0.2, 0.25) is 0 Å². The van der Waals surface area contributed by atoms with Crippen molar-refractivity contribution >= 4 is 31.9 Å². The highest BCUT2D eigenvalue weighted by atomic mass is 79.9. The number of rotatable bonds is 4. The van der Waals surface area contributed by atoms with Crippen LogP contribution in [0.25, 0.3) is 0 Å². The molecule has 0 saturated carbocycles. The molecule has 2 aromatic rings. The number of benzene rings is 2. The van der Waals surface area contributed by atoms with Gasteiger partial charge in [-0.2, -0.15) is 5.10 Å². The molecule has 0 amide bonds. The molecule has 0 spiro atoms. The Labute approximate surface area is 118 Å². The van der Waals surface area contributed by atoms with Crippen molar-refractivity contribution in [3.63, 3.8) is 0 Å². The maximum Gasteiger partial charge on any atom is 0.269 e. The number of nitro groups is 1. The van der Waals surface area contributed by atoms with Crippen molar-refractivity contribution in [2.45, 2.75) is 0 Å². The van der Waals surface area contributed by atoms with E-state index in [0.29, 0.717) is 4.62 Å². The van der Waals surface area contributed by atoms with Crippen LogP contribution < -0.4 is 5.43 Å². The molecule has 0 unspecified atom stereocenters. The van der Waals surface area contributed by atoms with Gasteiger partial charge in [-0.1, -0.05) is 18.2 Å². The lowest BCUT2D eigenvalue weighted by Crippen LogP contribution is -1.97. The Morgan fingerprint density at radius 3 is 2.32 bits per heavy atom. The van der Waals surface area contributed by atoms with Gasteiger partial charge < -0.3 is 0 Å². The molecular formula is C13H10BrN3O2. The van der Waals surface area contributed by atoms with E-state index in [-0.39, 0.29) is 5.69 Å². The number of nitrogens with zero attached hydrogens (tertiary/aromatic N) is 2. The highest BCUT2D eigenvalue weighted by Crippen LogP contribution is 2.15. The molecule has 0 atom stereocenters. The molecule has 0 radical (unpaired) electrons. The van der Waals surface area contributed by atoms with Crippen LogP contribution in [-0.4, -0.2) is 9.54 Å². The number of hydrogen-bond donors (Lipinski definition) is 1. The quantitative estimate of drug-likeness (QED) is 0.530. The molecule has 5 nitrogen and oxygen atoms in total. The minimum atomic E-state index is -0.433. The Balaban J connectivity index is 2.10. The van der Waals surface area contributed by atoms with Gasteiger partial charge in [0.15, 0.2) is 0 Å². The van der Waals surface area contributed by atoms with Gasteiger partial charge in [0.05, 0.1) is 10.6 Å². The van der Waals surface area contributed by atoms with Crippen LogP contribution in [0.2, 0.25) is 0 Å². The Morgan fingerprint density at radius 2 is 1.74 bits per heavy atom. The minimum Gasteiger partial charge on any atom is -0.277 e. The summed E-state index contributed by atoms with van der Waals surface area (Å²) in [5, 5.41) is 14.7. The molecule has 2 aromatic carbocycles. The van der Waals surface area contributed by atoms with Gasteiger partial charge in [-0.15, -0.1) is 0 Å². The number of para-hydroxylation sites is 1. The summed E-state index contributed by atoms with van der Waals surface area (Å²) in [5.74, 6) is 0. The second-order valence-electron chi connectivity index (χ2n) is 3.68. The Kier molecular flexibility index (Phi) is 4.25. The highest BCUT2D eigenvalue weighted by molar-refractivity contribution is 9.18. The fraction of sp³-hybridized carbons (Fsp3) is 0. The third-order valence-electron chi connectivity index (χ3n) is 2.37. The second-order valence-corrected chi connectivity index (χ2v) is 4.44. The SMILES string of the molecule is O=[N+]([O-])c1ccc(C(Br)=NNc2ccccc2)cc1. The smallest absolute Gasteiger partial charge is 0.269 e. The molecule has 0 fully saturated rings. The number of hydrogen-bond acceptors (Lipinski definition) is 4. The van der Waals surface area contributed by atoms with Crippen molar-refractivity contribution in [3.8, 4) is 0 Å². The van der Waals surface area contributed by atoms with E-state index in [4.69, 9.17) is 0 Å². The summed E-state index contributed by atoms with van der Waals surface area (Å²) >= 11 is 3.32. The van der Waals surface area contributed by atoms with Gasteiger partial charge in [-0.3, -0.25) is 15.5 Å². The predicted molar refractivity (Wildman–Crippen MR) is 78.6 cm³/mol. The standard InChI is InChI=1S/C13H10BrN3O2/c14-13(16-15-11-4-2-1-3-5-11)10-6-8-12(9-7-10)17(18)19/h1-9,15H. The van der Waals surface area contributed by atoms with Crippen molar-refractivity contribution in [2.24, 2.45) is 5.10 Å². The van der Waals surface area contributed by atoms with E-state index in [1.165, 1.54) is 12.1 Å². The Bertz CT molecular complexity index is 597. The van der Waals surface area contributed by atoms with Gasteiger partial charge in [-0.05, 0) is 40.2 Å². The number of non-ortho nitro benzene ring substituents is 1. The third-order valence-corrected chi connectivity index (χ3v) is 3.01. The Hall–Kier alpha value is -2.21. The molecule has 6 heteroatoms. The summed E-state index contributed by atoms with van der Waals surface area (Å²) in [4.78, 5) is 10.1. The number of halogens is 1. The van der Waals surface area contributed by atoms with Crippen LogP contribution in [0.5, 0.6) is 0 Å². The maximum absolute atomic E-state index is 10.5. The molecular weight excluding hydrogens is 310 g/mol. The van der Waals surface area contributed by atoms with Crippen LogP contribution in [0.1, 0.15) is 5.56 Å². The van der Waals surface area contributed by atoms with E-state index in [0.717, 1.165) is 11.3 Å². The topological polar surface area (TPSA) is 67.5 Å². The van der Waals surface area contributed by atoms with Crippen molar-refractivity contribution < 1.29 is 4.92 Å². The molecule has 19 heavy (non-hydrogen) atoms. The zero-order valence-corrected chi connectivity index (χ0v) is 11.4. The highest BCUT2D eigenvalue weighted by Gasteiger charge is 2.06. The first kappa shape index (κ1) is 13.2. The molecule has 1 N–H and O–H groups in total. The lowest BCUT2D eigenvalue weighted by atomic mass is 10.2. The summed E-state index contributed by atoms with van der Waals surface area (Å²) in [5.41, 5.74) is 4.56. The van der Waals surface area contributed by atoms with Crippen LogP contribution in [0.3, 0.4) is 0 Å². The second kappa shape index (κ2) is 6.10. The number of nitro benzene ring substituents is 1. The molecule has 0 aliphatic heterocycles. The maximum atomic E-state index is 10.5. The lowest BCUT2D eigenvalue weighted by Gasteiger charge is -2.02. The van der Waals surface area contributed by atoms with Crippen LogP contribution in [0.15, 0.2) is 59.7 Å². The number of anilines is 1. The molecule has 0 aromatic heterocycles.